The number of benzene rings is 2. The molecule has 2 aromatic carbocycles. The normalized spacial score (nSPS) is 19.7. The van der Waals surface area contributed by atoms with Crippen LogP contribution in [0.2, 0.25) is 0 Å². The van der Waals surface area contributed by atoms with Crippen LogP contribution in [0.3, 0.4) is 0 Å². The zero-order chi connectivity index (χ0) is 19.7. The van der Waals surface area contributed by atoms with Crippen LogP contribution in [-0.4, -0.2) is 43.8 Å². The SMILES string of the molecule is O=C1OC(C(=O)Nc2ccc(S(=O)(=O)N3CCCC3)cc2)Cc2ccccc21. The first-order valence-electron chi connectivity index (χ1n) is 9.15. The lowest BCUT2D eigenvalue weighted by Crippen LogP contribution is -2.37. The third-order valence-electron chi connectivity index (χ3n) is 5.01. The van der Waals surface area contributed by atoms with Gasteiger partial charge >= 0.3 is 5.97 Å². The Labute approximate surface area is 163 Å². The maximum atomic E-state index is 12.5. The fourth-order valence-electron chi connectivity index (χ4n) is 3.49. The highest BCUT2D eigenvalue weighted by Gasteiger charge is 2.31. The van der Waals surface area contributed by atoms with E-state index in [1.165, 1.54) is 16.4 Å². The highest BCUT2D eigenvalue weighted by Crippen LogP contribution is 2.24. The molecule has 28 heavy (non-hydrogen) atoms. The van der Waals surface area contributed by atoms with Crippen LogP contribution in [0, 0.1) is 0 Å². The van der Waals surface area contributed by atoms with Crippen molar-refractivity contribution >= 4 is 27.6 Å². The minimum Gasteiger partial charge on any atom is -0.448 e. The van der Waals surface area contributed by atoms with E-state index in [9.17, 15) is 18.0 Å². The smallest absolute Gasteiger partial charge is 0.339 e. The number of cyclic esters (lactones) is 1. The highest BCUT2D eigenvalue weighted by molar-refractivity contribution is 7.89. The molecule has 8 heteroatoms. The molecular weight excluding hydrogens is 380 g/mol. The van der Waals surface area contributed by atoms with E-state index in [2.05, 4.69) is 5.32 Å². The van der Waals surface area contributed by atoms with E-state index in [0.29, 0.717) is 30.8 Å². The molecule has 1 atom stereocenters. The van der Waals surface area contributed by atoms with Gasteiger partial charge in [0, 0.05) is 25.2 Å². The molecule has 2 aromatic rings. The molecule has 1 N–H and O–H groups in total. The summed E-state index contributed by atoms with van der Waals surface area (Å²) in [6.45, 7) is 1.07. The average molecular weight is 400 g/mol. The number of sulfonamides is 1. The molecule has 0 aromatic heterocycles. The molecule has 2 aliphatic rings. The van der Waals surface area contributed by atoms with E-state index in [0.717, 1.165) is 18.4 Å². The Morgan fingerprint density at radius 1 is 1.04 bits per heavy atom. The van der Waals surface area contributed by atoms with Crippen LogP contribution in [0.25, 0.3) is 0 Å². The summed E-state index contributed by atoms with van der Waals surface area (Å²) < 4.78 is 31.8. The number of anilines is 1. The number of carbonyl (C=O) groups is 2. The van der Waals surface area contributed by atoms with Crippen molar-refractivity contribution < 1.29 is 22.7 Å². The van der Waals surface area contributed by atoms with E-state index in [4.69, 9.17) is 4.74 Å². The highest BCUT2D eigenvalue weighted by atomic mass is 32.2. The number of hydrogen-bond donors (Lipinski definition) is 1. The predicted molar refractivity (Wildman–Crippen MR) is 102 cm³/mol. The lowest BCUT2D eigenvalue weighted by Gasteiger charge is -2.23. The number of ether oxygens (including phenoxy) is 1. The first-order valence-corrected chi connectivity index (χ1v) is 10.6. The Kier molecular flexibility index (Phi) is 4.91. The molecule has 0 saturated carbocycles. The van der Waals surface area contributed by atoms with Crippen molar-refractivity contribution in [3.8, 4) is 0 Å². The average Bonchev–Trinajstić information content (AvgIpc) is 3.24. The standard InChI is InChI=1S/C20H20N2O5S/c23-19(18-13-14-5-1-2-6-17(14)20(24)27-18)21-15-7-9-16(10-8-15)28(25,26)22-11-3-4-12-22/h1-2,5-10,18H,3-4,11-13H2,(H,21,23). The maximum absolute atomic E-state index is 12.5. The van der Waals surface area contributed by atoms with Crippen molar-refractivity contribution in [1.82, 2.24) is 4.31 Å². The molecule has 7 nitrogen and oxygen atoms in total. The Bertz CT molecular complexity index is 1010. The largest absolute Gasteiger partial charge is 0.448 e. The Morgan fingerprint density at radius 2 is 1.71 bits per heavy atom. The minimum absolute atomic E-state index is 0.199. The minimum atomic E-state index is -3.49. The molecule has 1 saturated heterocycles. The van der Waals surface area contributed by atoms with Gasteiger partial charge in [-0.3, -0.25) is 4.79 Å². The molecule has 0 radical (unpaired) electrons. The lowest BCUT2D eigenvalue weighted by atomic mass is 9.98. The van der Waals surface area contributed by atoms with Crippen LogP contribution < -0.4 is 5.32 Å². The van der Waals surface area contributed by atoms with Gasteiger partial charge in [0.1, 0.15) is 0 Å². The Hall–Kier alpha value is -2.71. The third kappa shape index (κ3) is 3.53. The molecule has 0 bridgehead atoms. The van der Waals surface area contributed by atoms with E-state index in [1.807, 2.05) is 6.07 Å². The predicted octanol–water partition coefficient (Wildman–Crippen LogP) is 2.19. The lowest BCUT2D eigenvalue weighted by molar-refractivity contribution is -0.125. The summed E-state index contributed by atoms with van der Waals surface area (Å²) >= 11 is 0. The first kappa shape index (κ1) is 18.6. The van der Waals surface area contributed by atoms with Crippen molar-refractivity contribution in [3.63, 3.8) is 0 Å². The number of esters is 1. The molecule has 1 fully saturated rings. The molecule has 0 aliphatic carbocycles. The zero-order valence-corrected chi connectivity index (χ0v) is 15.9. The summed E-state index contributed by atoms with van der Waals surface area (Å²) in [6, 6.07) is 13.1. The summed E-state index contributed by atoms with van der Waals surface area (Å²) in [5, 5.41) is 2.69. The molecule has 2 heterocycles. The van der Waals surface area contributed by atoms with Crippen molar-refractivity contribution in [3.05, 3.63) is 59.7 Å². The van der Waals surface area contributed by atoms with Gasteiger partial charge in [0.25, 0.3) is 5.91 Å². The van der Waals surface area contributed by atoms with Gasteiger partial charge in [-0.2, -0.15) is 4.31 Å². The topological polar surface area (TPSA) is 92.8 Å². The number of carbonyl (C=O) groups excluding carboxylic acids is 2. The third-order valence-corrected chi connectivity index (χ3v) is 6.92. The van der Waals surface area contributed by atoms with Gasteiger partial charge in [0.05, 0.1) is 10.5 Å². The molecule has 1 unspecified atom stereocenters. The summed E-state index contributed by atoms with van der Waals surface area (Å²) in [5.74, 6) is -0.966. The molecule has 146 valence electrons. The molecular formula is C20H20N2O5S. The molecule has 1 amide bonds. The van der Waals surface area contributed by atoms with Gasteiger partial charge in [-0.25, -0.2) is 13.2 Å². The fraction of sp³-hybridized carbons (Fsp3) is 0.300. The van der Waals surface area contributed by atoms with Crippen LogP contribution >= 0.6 is 0 Å². The second-order valence-electron chi connectivity index (χ2n) is 6.88. The van der Waals surface area contributed by atoms with Crippen LogP contribution in [0.5, 0.6) is 0 Å². The zero-order valence-electron chi connectivity index (χ0n) is 15.1. The first-order chi connectivity index (χ1) is 13.4. The van der Waals surface area contributed by atoms with E-state index in [-0.39, 0.29) is 4.90 Å². The molecule has 0 spiro atoms. The van der Waals surface area contributed by atoms with Crippen molar-refractivity contribution in [1.29, 1.82) is 0 Å². The van der Waals surface area contributed by atoms with Crippen molar-refractivity contribution in [2.24, 2.45) is 0 Å². The summed E-state index contributed by atoms with van der Waals surface area (Å²) in [6.07, 6.45) is 1.12. The second kappa shape index (κ2) is 7.37. The quantitative estimate of drug-likeness (QED) is 0.794. The number of nitrogens with zero attached hydrogens (tertiary/aromatic N) is 1. The maximum Gasteiger partial charge on any atom is 0.339 e. The summed E-state index contributed by atoms with van der Waals surface area (Å²) in [7, 11) is -3.49. The number of fused-ring (bicyclic) bond motifs is 1. The number of rotatable bonds is 4. The van der Waals surface area contributed by atoms with Gasteiger partial charge in [0.15, 0.2) is 6.10 Å². The van der Waals surface area contributed by atoms with Gasteiger partial charge in [-0.15, -0.1) is 0 Å². The summed E-state index contributed by atoms with van der Waals surface area (Å²) in [4.78, 5) is 24.8. The number of nitrogens with one attached hydrogen (secondary N) is 1. The number of amides is 1. The van der Waals surface area contributed by atoms with Crippen LogP contribution in [0.4, 0.5) is 5.69 Å². The fourth-order valence-corrected chi connectivity index (χ4v) is 5.01. The monoisotopic (exact) mass is 400 g/mol. The molecule has 2 aliphatic heterocycles. The van der Waals surface area contributed by atoms with Gasteiger partial charge in [-0.05, 0) is 48.7 Å². The van der Waals surface area contributed by atoms with Crippen LogP contribution in [0.1, 0.15) is 28.8 Å². The summed E-state index contributed by atoms with van der Waals surface area (Å²) in [5.41, 5.74) is 1.69. The van der Waals surface area contributed by atoms with E-state index in [1.54, 1.807) is 30.3 Å². The second-order valence-corrected chi connectivity index (χ2v) is 8.82. The Morgan fingerprint density at radius 3 is 2.43 bits per heavy atom. The van der Waals surface area contributed by atoms with Crippen LogP contribution in [-0.2, 0) is 26.0 Å². The van der Waals surface area contributed by atoms with Crippen molar-refractivity contribution in [2.45, 2.75) is 30.3 Å². The molecule has 4 rings (SSSR count). The van der Waals surface area contributed by atoms with Gasteiger partial charge in [-0.1, -0.05) is 18.2 Å². The Balaban J connectivity index is 1.45. The van der Waals surface area contributed by atoms with E-state index >= 15 is 0 Å². The van der Waals surface area contributed by atoms with Gasteiger partial charge in [0.2, 0.25) is 10.0 Å². The van der Waals surface area contributed by atoms with Gasteiger partial charge < -0.3 is 10.1 Å². The van der Waals surface area contributed by atoms with Crippen molar-refractivity contribution in [2.75, 3.05) is 18.4 Å². The number of hydrogen-bond acceptors (Lipinski definition) is 5. The van der Waals surface area contributed by atoms with Crippen LogP contribution in [0.15, 0.2) is 53.4 Å². The van der Waals surface area contributed by atoms with E-state index < -0.39 is 28.0 Å².